The molecule has 34 heavy (non-hydrogen) atoms. The van der Waals surface area contributed by atoms with E-state index in [1.807, 2.05) is 4.90 Å². The average molecular weight is 486 g/mol. The van der Waals surface area contributed by atoms with Crippen molar-refractivity contribution in [1.29, 1.82) is 0 Å². The molecule has 1 atom stereocenters. The molecule has 0 aliphatic carbocycles. The van der Waals surface area contributed by atoms with Gasteiger partial charge in [-0.05, 0) is 62.3 Å². The number of carbonyl (C=O) groups excluding carboxylic acids is 3. The van der Waals surface area contributed by atoms with Gasteiger partial charge in [0.05, 0.1) is 16.1 Å². The zero-order chi connectivity index (χ0) is 24.1. The van der Waals surface area contributed by atoms with E-state index in [-0.39, 0.29) is 29.2 Å². The highest BCUT2D eigenvalue weighted by atomic mass is 35.5. The number of nitrogens with one attached hydrogen (secondary N) is 1. The Labute approximate surface area is 204 Å². The average Bonchev–Trinajstić information content (AvgIpc) is 2.87. The molecule has 3 amide bonds. The minimum Gasteiger partial charge on any atom is -0.341 e. The van der Waals surface area contributed by atoms with Gasteiger partial charge in [0.2, 0.25) is 5.91 Å². The summed E-state index contributed by atoms with van der Waals surface area (Å²) < 4.78 is 14.1. The molecule has 2 aliphatic heterocycles. The molecular weight excluding hydrogens is 457 g/mol. The van der Waals surface area contributed by atoms with Crippen molar-refractivity contribution in [3.8, 4) is 0 Å². The largest absolute Gasteiger partial charge is 0.341 e. The van der Waals surface area contributed by atoms with E-state index in [0.717, 1.165) is 19.3 Å². The lowest BCUT2D eigenvalue weighted by Gasteiger charge is -2.38. The number of benzene rings is 2. The maximum absolute atomic E-state index is 14.1. The SMILES string of the molecule is O=C(NC(C(=O)N1CCCCC1)C1CCN(C(=O)c2ccccc2F)CC1)c1ccccc1Cl. The number of amides is 3. The fraction of sp³-hybridized carbons (Fsp3) is 0.423. The third-order valence-electron chi connectivity index (χ3n) is 6.74. The summed E-state index contributed by atoms with van der Waals surface area (Å²) in [7, 11) is 0. The van der Waals surface area contributed by atoms with Crippen LogP contribution in [0.15, 0.2) is 48.5 Å². The molecule has 0 radical (unpaired) electrons. The smallest absolute Gasteiger partial charge is 0.256 e. The summed E-state index contributed by atoms with van der Waals surface area (Å²) in [6.45, 7) is 2.15. The lowest BCUT2D eigenvalue weighted by Crippen LogP contribution is -2.55. The summed E-state index contributed by atoms with van der Waals surface area (Å²) >= 11 is 6.21. The Morgan fingerprint density at radius 1 is 0.853 bits per heavy atom. The molecule has 0 bridgehead atoms. The van der Waals surface area contributed by atoms with Gasteiger partial charge in [0, 0.05) is 26.2 Å². The van der Waals surface area contributed by atoms with Crippen molar-refractivity contribution in [2.24, 2.45) is 5.92 Å². The second kappa shape index (κ2) is 11.0. The second-order valence-electron chi connectivity index (χ2n) is 8.93. The van der Waals surface area contributed by atoms with E-state index in [4.69, 9.17) is 11.6 Å². The lowest BCUT2D eigenvalue weighted by molar-refractivity contribution is -0.136. The molecule has 4 rings (SSSR count). The number of piperidine rings is 2. The van der Waals surface area contributed by atoms with Gasteiger partial charge in [0.15, 0.2) is 0 Å². The van der Waals surface area contributed by atoms with Gasteiger partial charge >= 0.3 is 0 Å². The third kappa shape index (κ3) is 5.41. The first kappa shape index (κ1) is 24.2. The van der Waals surface area contributed by atoms with Crippen LogP contribution in [0.5, 0.6) is 0 Å². The maximum atomic E-state index is 14.1. The number of carbonyl (C=O) groups is 3. The fourth-order valence-corrected chi connectivity index (χ4v) is 5.02. The Morgan fingerprint density at radius 3 is 2.12 bits per heavy atom. The molecule has 2 saturated heterocycles. The highest BCUT2D eigenvalue weighted by Gasteiger charge is 2.37. The van der Waals surface area contributed by atoms with Crippen LogP contribution < -0.4 is 5.32 Å². The van der Waals surface area contributed by atoms with E-state index < -0.39 is 11.9 Å². The van der Waals surface area contributed by atoms with Gasteiger partial charge in [-0.15, -0.1) is 0 Å². The first-order chi connectivity index (χ1) is 16.5. The van der Waals surface area contributed by atoms with E-state index in [1.165, 1.54) is 12.1 Å². The summed E-state index contributed by atoms with van der Waals surface area (Å²) in [5.41, 5.74) is 0.377. The molecule has 0 aromatic heterocycles. The molecular formula is C26H29ClFN3O3. The van der Waals surface area contributed by atoms with E-state index in [9.17, 15) is 18.8 Å². The third-order valence-corrected chi connectivity index (χ3v) is 7.07. The summed E-state index contributed by atoms with van der Waals surface area (Å²) in [5, 5.41) is 3.28. The van der Waals surface area contributed by atoms with Gasteiger partial charge < -0.3 is 15.1 Å². The number of likely N-dealkylation sites (tertiary alicyclic amines) is 2. The first-order valence-electron chi connectivity index (χ1n) is 11.8. The predicted molar refractivity (Wildman–Crippen MR) is 128 cm³/mol. The van der Waals surface area contributed by atoms with Gasteiger partial charge in [-0.2, -0.15) is 0 Å². The van der Waals surface area contributed by atoms with Crippen LogP contribution in [0, 0.1) is 11.7 Å². The van der Waals surface area contributed by atoms with Crippen molar-refractivity contribution in [3.63, 3.8) is 0 Å². The second-order valence-corrected chi connectivity index (χ2v) is 9.33. The Bertz CT molecular complexity index is 1050. The van der Waals surface area contributed by atoms with E-state index >= 15 is 0 Å². The zero-order valence-electron chi connectivity index (χ0n) is 19.0. The molecule has 6 nitrogen and oxygen atoms in total. The number of halogens is 2. The van der Waals surface area contributed by atoms with Gasteiger partial charge in [0.25, 0.3) is 11.8 Å². The van der Waals surface area contributed by atoms with Crippen LogP contribution in [0.3, 0.4) is 0 Å². The normalized spacial score (nSPS) is 17.8. The molecule has 1 unspecified atom stereocenters. The van der Waals surface area contributed by atoms with Crippen LogP contribution in [0.2, 0.25) is 5.02 Å². The zero-order valence-corrected chi connectivity index (χ0v) is 19.8. The van der Waals surface area contributed by atoms with Crippen LogP contribution in [0.4, 0.5) is 4.39 Å². The minimum absolute atomic E-state index is 0.0499. The topological polar surface area (TPSA) is 69.7 Å². The summed E-state index contributed by atoms with van der Waals surface area (Å²) in [6.07, 6.45) is 4.07. The van der Waals surface area contributed by atoms with E-state index in [2.05, 4.69) is 5.32 Å². The predicted octanol–water partition coefficient (Wildman–Crippen LogP) is 4.14. The van der Waals surface area contributed by atoms with Crippen molar-refractivity contribution in [3.05, 3.63) is 70.5 Å². The molecule has 180 valence electrons. The van der Waals surface area contributed by atoms with Crippen LogP contribution in [-0.2, 0) is 4.79 Å². The fourth-order valence-electron chi connectivity index (χ4n) is 4.80. The minimum atomic E-state index is -0.701. The highest BCUT2D eigenvalue weighted by Crippen LogP contribution is 2.26. The monoisotopic (exact) mass is 485 g/mol. The number of rotatable bonds is 5. The highest BCUT2D eigenvalue weighted by molar-refractivity contribution is 6.33. The van der Waals surface area contributed by atoms with Crippen molar-refractivity contribution in [2.75, 3.05) is 26.2 Å². The Kier molecular flexibility index (Phi) is 7.83. The number of nitrogens with zero attached hydrogens (tertiary/aromatic N) is 2. The molecule has 1 N–H and O–H groups in total. The molecule has 2 aromatic rings. The van der Waals surface area contributed by atoms with Crippen molar-refractivity contribution >= 4 is 29.3 Å². The van der Waals surface area contributed by atoms with Gasteiger partial charge in [-0.3, -0.25) is 14.4 Å². The lowest BCUT2D eigenvalue weighted by atomic mass is 9.87. The first-order valence-corrected chi connectivity index (χ1v) is 12.2. The molecule has 2 aliphatic rings. The molecule has 8 heteroatoms. The van der Waals surface area contributed by atoms with E-state index in [0.29, 0.717) is 49.6 Å². The molecule has 2 fully saturated rings. The summed E-state index contributed by atoms with van der Waals surface area (Å²) in [6, 6.07) is 12.0. The summed E-state index contributed by atoms with van der Waals surface area (Å²) in [5.74, 6) is -1.49. The van der Waals surface area contributed by atoms with Crippen molar-refractivity contribution < 1.29 is 18.8 Å². The molecule has 2 aromatic carbocycles. The quantitative estimate of drug-likeness (QED) is 0.692. The Morgan fingerprint density at radius 2 is 1.47 bits per heavy atom. The number of hydrogen-bond acceptors (Lipinski definition) is 3. The maximum Gasteiger partial charge on any atom is 0.256 e. The van der Waals surface area contributed by atoms with Crippen LogP contribution in [0.25, 0.3) is 0 Å². The standard InChI is InChI=1S/C26H29ClFN3O3/c27-21-10-4-2-8-19(21)24(32)29-23(26(34)30-14-6-1-7-15-30)18-12-16-31(17-13-18)25(33)20-9-3-5-11-22(20)28/h2-5,8-11,18,23H,1,6-7,12-17H2,(H,29,32). The van der Waals surface area contributed by atoms with E-state index in [1.54, 1.807) is 41.3 Å². The summed E-state index contributed by atoms with van der Waals surface area (Å²) in [4.78, 5) is 42.8. The Hall–Kier alpha value is -2.93. The van der Waals surface area contributed by atoms with Gasteiger partial charge in [-0.25, -0.2) is 4.39 Å². The van der Waals surface area contributed by atoms with Crippen LogP contribution >= 0.6 is 11.6 Å². The van der Waals surface area contributed by atoms with Crippen molar-refractivity contribution in [2.45, 2.75) is 38.1 Å². The Balaban J connectivity index is 1.48. The van der Waals surface area contributed by atoms with Crippen LogP contribution in [0.1, 0.15) is 52.8 Å². The molecule has 2 heterocycles. The molecule has 0 spiro atoms. The number of hydrogen-bond donors (Lipinski definition) is 1. The molecule has 0 saturated carbocycles. The van der Waals surface area contributed by atoms with Crippen molar-refractivity contribution in [1.82, 2.24) is 15.1 Å². The van der Waals surface area contributed by atoms with Gasteiger partial charge in [0.1, 0.15) is 11.9 Å². The van der Waals surface area contributed by atoms with Gasteiger partial charge in [-0.1, -0.05) is 35.9 Å². The van der Waals surface area contributed by atoms with Crippen LogP contribution in [-0.4, -0.2) is 59.7 Å².